The molecule has 1 saturated heterocycles. The van der Waals surface area contributed by atoms with Crippen LogP contribution in [-0.2, 0) is 28.7 Å². The minimum absolute atomic E-state index is 0.0735. The molecule has 0 aromatic heterocycles. The number of benzene rings is 1. The van der Waals surface area contributed by atoms with E-state index in [1.807, 2.05) is 20.8 Å². The van der Waals surface area contributed by atoms with E-state index in [0.29, 0.717) is 60.4 Å². The van der Waals surface area contributed by atoms with Gasteiger partial charge in [-0.3, -0.25) is 34.2 Å². The van der Waals surface area contributed by atoms with Crippen molar-refractivity contribution in [1.82, 2.24) is 10.2 Å². The molecule has 4 amide bonds. The molecule has 1 N–H and O–H groups in total. The summed E-state index contributed by atoms with van der Waals surface area (Å²) in [5.41, 5.74) is 0.863. The number of piperidine rings is 1. The average molecular weight is 571 g/mol. The van der Waals surface area contributed by atoms with Gasteiger partial charge in [-0.05, 0) is 108 Å². The minimum Gasteiger partial charge on any atom is -0.494 e. The van der Waals surface area contributed by atoms with E-state index in [-0.39, 0.29) is 18.8 Å². The normalized spacial score (nSPS) is 25.5. The van der Waals surface area contributed by atoms with Crippen LogP contribution in [0.3, 0.4) is 0 Å². The largest absolute Gasteiger partial charge is 0.494 e. The maximum absolute atomic E-state index is 13.0. The lowest BCUT2D eigenvalue weighted by Gasteiger charge is -2.57. The molecular weight excluding hydrogens is 528 g/mol. The second kappa shape index (κ2) is 12.7. The van der Waals surface area contributed by atoms with Gasteiger partial charge < -0.3 is 14.2 Å². The van der Waals surface area contributed by atoms with Crippen LogP contribution in [0.5, 0.6) is 5.75 Å². The van der Waals surface area contributed by atoms with Gasteiger partial charge in [0.2, 0.25) is 18.2 Å². The molecule has 1 aromatic rings. The minimum atomic E-state index is -1.00. The fraction of sp³-hybridized carbons (Fsp3) is 0.645. The van der Waals surface area contributed by atoms with Crippen molar-refractivity contribution in [2.75, 3.05) is 13.2 Å². The Kier molecular flexibility index (Phi) is 9.51. The molecule has 2 aliphatic carbocycles. The van der Waals surface area contributed by atoms with E-state index in [1.165, 1.54) is 0 Å². The molecule has 3 fully saturated rings. The van der Waals surface area contributed by atoms with Crippen LogP contribution in [0.4, 0.5) is 0 Å². The average Bonchev–Trinajstić information content (AvgIpc) is 2.83. The summed E-state index contributed by atoms with van der Waals surface area (Å²) in [6.45, 7) is 8.62. The second-order valence-corrected chi connectivity index (χ2v) is 12.8. The number of aryl methyl sites for hydroxylation is 1. The number of rotatable bonds is 12. The number of nitrogens with one attached hydrogen (secondary N) is 1. The van der Waals surface area contributed by atoms with Crippen LogP contribution in [0.2, 0.25) is 0 Å². The summed E-state index contributed by atoms with van der Waals surface area (Å²) >= 11 is 0. The highest BCUT2D eigenvalue weighted by molar-refractivity contribution is 6.07. The molecule has 10 nitrogen and oxygen atoms in total. The molecule has 1 spiro atoms. The van der Waals surface area contributed by atoms with Gasteiger partial charge in [-0.15, -0.1) is 0 Å². The van der Waals surface area contributed by atoms with Crippen molar-refractivity contribution in [3.05, 3.63) is 29.3 Å². The van der Waals surface area contributed by atoms with Gasteiger partial charge in [0.25, 0.3) is 5.91 Å². The van der Waals surface area contributed by atoms with Crippen LogP contribution in [0.15, 0.2) is 18.2 Å². The highest BCUT2D eigenvalue weighted by atomic mass is 16.6. The number of ether oxygens (including phenoxy) is 3. The van der Waals surface area contributed by atoms with Crippen LogP contribution in [0, 0.1) is 18.3 Å². The van der Waals surface area contributed by atoms with Gasteiger partial charge in [0.1, 0.15) is 17.4 Å². The standard InChI is InChI=1S/C31H42N2O8/c1-20-13-22(7-8-24(20)29(38)33(19-34)25-9-10-26(35)32-28(25)37)39-11-5-6-12-40-23-17-31(18-23)15-21(16-31)14-27(36)41-30(2,3)4/h7-8,13,19,21,23,25H,5-6,9-12,14-18H2,1-4H3,(H,32,35,37). The molecule has 10 heteroatoms. The van der Waals surface area contributed by atoms with E-state index in [0.717, 1.165) is 43.4 Å². The van der Waals surface area contributed by atoms with Crippen LogP contribution < -0.4 is 10.1 Å². The van der Waals surface area contributed by atoms with Crippen molar-refractivity contribution in [1.29, 1.82) is 0 Å². The summed E-state index contributed by atoms with van der Waals surface area (Å²) in [6, 6.07) is 3.99. The summed E-state index contributed by atoms with van der Waals surface area (Å²) in [7, 11) is 0. The van der Waals surface area contributed by atoms with E-state index in [9.17, 15) is 24.0 Å². The number of nitrogens with zero attached hydrogens (tertiary/aromatic N) is 1. The van der Waals surface area contributed by atoms with E-state index >= 15 is 0 Å². The molecule has 0 radical (unpaired) electrons. The topological polar surface area (TPSA) is 128 Å². The van der Waals surface area contributed by atoms with E-state index < -0.39 is 29.4 Å². The molecular formula is C31H42N2O8. The third-order valence-corrected chi connectivity index (χ3v) is 8.12. The van der Waals surface area contributed by atoms with Crippen molar-refractivity contribution in [2.45, 2.75) is 103 Å². The summed E-state index contributed by atoms with van der Waals surface area (Å²) in [4.78, 5) is 61.0. The zero-order valence-electron chi connectivity index (χ0n) is 24.5. The molecule has 0 bridgehead atoms. The number of esters is 1. The number of unbranched alkanes of at least 4 members (excludes halogenated alkanes) is 1. The predicted molar refractivity (Wildman–Crippen MR) is 149 cm³/mol. The lowest BCUT2D eigenvalue weighted by atomic mass is 9.50. The van der Waals surface area contributed by atoms with Crippen molar-refractivity contribution >= 4 is 30.1 Å². The second-order valence-electron chi connectivity index (χ2n) is 12.8. The Morgan fingerprint density at radius 3 is 2.44 bits per heavy atom. The van der Waals surface area contributed by atoms with E-state index in [4.69, 9.17) is 14.2 Å². The Labute approximate surface area is 241 Å². The summed E-state index contributed by atoms with van der Waals surface area (Å²) in [6.07, 6.45) is 7.37. The lowest BCUT2D eigenvalue weighted by molar-refractivity contribution is -0.165. The maximum Gasteiger partial charge on any atom is 0.306 e. The number of hydrogen-bond acceptors (Lipinski definition) is 8. The van der Waals surface area contributed by atoms with Crippen LogP contribution >= 0.6 is 0 Å². The molecule has 3 aliphatic rings. The van der Waals surface area contributed by atoms with Crippen LogP contribution in [0.1, 0.15) is 94.5 Å². The lowest BCUT2D eigenvalue weighted by Crippen LogP contribution is -2.53. The molecule has 1 heterocycles. The summed E-state index contributed by atoms with van der Waals surface area (Å²) in [5, 5.41) is 2.17. The summed E-state index contributed by atoms with van der Waals surface area (Å²) < 4.78 is 17.3. The van der Waals surface area contributed by atoms with Gasteiger partial charge in [-0.2, -0.15) is 0 Å². The van der Waals surface area contributed by atoms with E-state index in [1.54, 1.807) is 25.1 Å². The molecule has 41 heavy (non-hydrogen) atoms. The smallest absolute Gasteiger partial charge is 0.306 e. The molecule has 224 valence electrons. The molecule has 1 unspecified atom stereocenters. The van der Waals surface area contributed by atoms with Gasteiger partial charge in [0.15, 0.2) is 0 Å². The zero-order valence-corrected chi connectivity index (χ0v) is 24.5. The third-order valence-electron chi connectivity index (χ3n) is 8.12. The highest BCUT2D eigenvalue weighted by Gasteiger charge is 2.53. The SMILES string of the molecule is Cc1cc(OCCCCOC2CC3(CC(CC(=O)OC(C)(C)C)C3)C2)ccc1C(=O)N(C=O)C1CCC(=O)NC1=O. The highest BCUT2D eigenvalue weighted by Crippen LogP contribution is 2.60. The quantitative estimate of drug-likeness (QED) is 0.174. The number of imide groups is 2. The van der Waals surface area contributed by atoms with Gasteiger partial charge in [0, 0.05) is 25.0 Å². The fourth-order valence-electron chi connectivity index (χ4n) is 6.25. The first-order valence-corrected chi connectivity index (χ1v) is 14.6. The first-order valence-electron chi connectivity index (χ1n) is 14.6. The van der Waals surface area contributed by atoms with Crippen molar-refractivity contribution in [2.24, 2.45) is 11.3 Å². The van der Waals surface area contributed by atoms with Crippen molar-refractivity contribution in [3.8, 4) is 5.75 Å². The Bertz CT molecular complexity index is 1160. The Morgan fingerprint density at radius 2 is 1.80 bits per heavy atom. The fourth-order valence-corrected chi connectivity index (χ4v) is 6.25. The molecule has 1 atom stereocenters. The zero-order chi connectivity index (χ0) is 29.8. The number of hydrogen-bond donors (Lipinski definition) is 1. The van der Waals surface area contributed by atoms with Crippen LogP contribution in [0.25, 0.3) is 0 Å². The first kappa shape index (κ1) is 30.7. The molecule has 1 aromatic carbocycles. The predicted octanol–water partition coefficient (Wildman–Crippen LogP) is 3.87. The van der Waals surface area contributed by atoms with Gasteiger partial charge in [-0.25, -0.2) is 0 Å². The van der Waals surface area contributed by atoms with Crippen LogP contribution in [-0.4, -0.2) is 66.0 Å². The number of amides is 4. The van der Waals surface area contributed by atoms with E-state index in [2.05, 4.69) is 5.32 Å². The van der Waals surface area contributed by atoms with Crippen molar-refractivity contribution < 1.29 is 38.2 Å². The van der Waals surface area contributed by atoms with Gasteiger partial charge >= 0.3 is 5.97 Å². The Balaban J connectivity index is 1.10. The Hall–Kier alpha value is -3.27. The number of carbonyl (C=O) groups excluding carboxylic acids is 5. The summed E-state index contributed by atoms with van der Waals surface area (Å²) in [5.74, 6) is -0.689. The molecule has 1 aliphatic heterocycles. The van der Waals surface area contributed by atoms with Gasteiger partial charge in [0.05, 0.1) is 12.7 Å². The third kappa shape index (κ3) is 7.93. The van der Waals surface area contributed by atoms with Crippen molar-refractivity contribution in [3.63, 3.8) is 0 Å². The molecule has 4 rings (SSSR count). The monoisotopic (exact) mass is 570 g/mol. The first-order chi connectivity index (χ1) is 19.4. The molecule has 2 saturated carbocycles. The Morgan fingerprint density at radius 1 is 1.10 bits per heavy atom. The maximum atomic E-state index is 13.0. The number of carbonyl (C=O) groups is 5. The van der Waals surface area contributed by atoms with Gasteiger partial charge in [-0.1, -0.05) is 0 Å².